The second-order valence-electron chi connectivity index (χ2n) is 8.53. The summed E-state index contributed by atoms with van der Waals surface area (Å²) in [5.74, 6) is -2.14. The van der Waals surface area contributed by atoms with E-state index in [1.54, 1.807) is 6.92 Å². The van der Waals surface area contributed by atoms with Crippen molar-refractivity contribution in [3.05, 3.63) is 59.7 Å². The quantitative estimate of drug-likeness (QED) is 0.439. The highest BCUT2D eigenvalue weighted by Crippen LogP contribution is 2.44. The number of Topliss-reactive ketones (excluding diaryl/α,β-unsaturated/α-hetero) is 1. The summed E-state index contributed by atoms with van der Waals surface area (Å²) < 4.78 is 5.36. The fourth-order valence-corrected chi connectivity index (χ4v) is 3.87. The molecule has 0 radical (unpaired) electrons. The number of nitrogens with one attached hydrogen (secondary N) is 3. The van der Waals surface area contributed by atoms with Gasteiger partial charge in [-0.1, -0.05) is 55.5 Å². The average Bonchev–Trinajstić information content (AvgIpc) is 3.14. The van der Waals surface area contributed by atoms with Crippen molar-refractivity contribution in [1.82, 2.24) is 16.2 Å². The van der Waals surface area contributed by atoms with Gasteiger partial charge in [0.1, 0.15) is 6.61 Å². The number of ether oxygens (including phenoxy) is 1. The highest BCUT2D eigenvalue weighted by atomic mass is 16.6. The molecule has 9 nitrogen and oxygen atoms in total. The van der Waals surface area contributed by atoms with Crippen molar-refractivity contribution < 1.29 is 23.9 Å². The normalized spacial score (nSPS) is 14.7. The Hall–Kier alpha value is -3.72. The Balaban J connectivity index is 1.47. The van der Waals surface area contributed by atoms with Gasteiger partial charge in [0.25, 0.3) is 0 Å². The fraction of sp³-hybridized carbons (Fsp3) is 0.360. The number of fused-ring (bicyclic) bond motifs is 3. The first-order chi connectivity index (χ1) is 16.2. The number of carbonyl (C=O) groups is 4. The van der Waals surface area contributed by atoms with Crippen molar-refractivity contribution in [1.29, 1.82) is 0 Å². The second-order valence-corrected chi connectivity index (χ2v) is 8.53. The second kappa shape index (κ2) is 10.9. The molecule has 5 N–H and O–H groups in total. The third-order valence-corrected chi connectivity index (χ3v) is 5.84. The fourth-order valence-electron chi connectivity index (χ4n) is 3.87. The molecule has 0 bridgehead atoms. The lowest BCUT2D eigenvalue weighted by atomic mass is 9.98. The van der Waals surface area contributed by atoms with Crippen molar-refractivity contribution in [3.8, 4) is 11.1 Å². The molecule has 3 atom stereocenters. The number of rotatable bonds is 8. The molecule has 2 aromatic carbocycles. The minimum absolute atomic E-state index is 0.0988. The molecule has 1 aliphatic carbocycles. The number of nitrogens with two attached hydrogens (primary N) is 1. The SMILES string of the molecule is CC(N)C(=O)NC(C)C(=O)CC(C)C(=O)NNC(=O)OCC1c2ccccc2-c2ccccc21. The van der Waals surface area contributed by atoms with Crippen LogP contribution in [0, 0.1) is 5.92 Å². The Bertz CT molecular complexity index is 1040. The summed E-state index contributed by atoms with van der Waals surface area (Å²) in [6.07, 6.45) is -0.912. The summed E-state index contributed by atoms with van der Waals surface area (Å²) >= 11 is 0. The van der Waals surface area contributed by atoms with Crippen LogP contribution < -0.4 is 21.9 Å². The highest BCUT2D eigenvalue weighted by Gasteiger charge is 2.29. The summed E-state index contributed by atoms with van der Waals surface area (Å²) in [5, 5.41) is 2.50. The molecule has 0 aliphatic heterocycles. The first-order valence-electron chi connectivity index (χ1n) is 11.2. The van der Waals surface area contributed by atoms with Crippen molar-refractivity contribution in [2.24, 2.45) is 11.7 Å². The van der Waals surface area contributed by atoms with Gasteiger partial charge in [-0.15, -0.1) is 0 Å². The maximum Gasteiger partial charge on any atom is 0.426 e. The third-order valence-electron chi connectivity index (χ3n) is 5.84. The van der Waals surface area contributed by atoms with E-state index in [0.29, 0.717) is 0 Å². The summed E-state index contributed by atoms with van der Waals surface area (Å²) in [7, 11) is 0. The maximum absolute atomic E-state index is 12.3. The van der Waals surface area contributed by atoms with Gasteiger partial charge in [0.05, 0.1) is 12.1 Å². The number of amides is 3. The lowest BCUT2D eigenvalue weighted by Gasteiger charge is -2.18. The summed E-state index contributed by atoms with van der Waals surface area (Å²) in [5.41, 5.74) is 14.4. The molecule has 1 aliphatic rings. The van der Waals surface area contributed by atoms with E-state index in [0.717, 1.165) is 22.3 Å². The maximum atomic E-state index is 12.3. The predicted octanol–water partition coefficient (Wildman–Crippen LogP) is 2.00. The highest BCUT2D eigenvalue weighted by molar-refractivity contribution is 5.93. The molecule has 0 saturated heterocycles. The first-order valence-corrected chi connectivity index (χ1v) is 11.2. The van der Waals surface area contributed by atoms with Gasteiger partial charge in [-0.05, 0) is 36.1 Å². The van der Waals surface area contributed by atoms with Crippen LogP contribution in [0.3, 0.4) is 0 Å². The monoisotopic (exact) mass is 466 g/mol. The molecular formula is C25H30N4O5. The average molecular weight is 467 g/mol. The van der Waals surface area contributed by atoms with E-state index in [-0.39, 0.29) is 24.7 Å². The van der Waals surface area contributed by atoms with Crippen LogP contribution in [0.5, 0.6) is 0 Å². The minimum atomic E-state index is -0.800. The molecule has 3 amide bonds. The van der Waals surface area contributed by atoms with E-state index >= 15 is 0 Å². The van der Waals surface area contributed by atoms with Crippen molar-refractivity contribution >= 4 is 23.7 Å². The number of hydrazine groups is 1. The molecule has 2 aromatic rings. The Morgan fingerprint density at radius 3 is 2.00 bits per heavy atom. The molecular weight excluding hydrogens is 436 g/mol. The molecule has 34 heavy (non-hydrogen) atoms. The third kappa shape index (κ3) is 5.79. The van der Waals surface area contributed by atoms with E-state index in [4.69, 9.17) is 10.5 Å². The van der Waals surface area contributed by atoms with Crippen molar-refractivity contribution in [2.45, 2.75) is 45.2 Å². The molecule has 0 saturated carbocycles. The van der Waals surface area contributed by atoms with E-state index in [9.17, 15) is 19.2 Å². The standard InChI is InChI=1S/C25H30N4O5/c1-14(12-22(30)16(3)27-24(32)15(2)26)23(31)28-29-25(33)34-13-21-19-10-6-4-8-17(19)18-9-5-7-11-20(18)21/h4-11,14-16,21H,12-13,26H2,1-3H3,(H,27,32)(H,28,31)(H,29,33). The molecule has 3 unspecified atom stereocenters. The summed E-state index contributed by atoms with van der Waals surface area (Å²) in [4.78, 5) is 48.4. The summed E-state index contributed by atoms with van der Waals surface area (Å²) in [6.45, 7) is 4.70. The van der Waals surface area contributed by atoms with Gasteiger partial charge in [0.2, 0.25) is 11.8 Å². The zero-order valence-electron chi connectivity index (χ0n) is 19.5. The smallest absolute Gasteiger partial charge is 0.426 e. The lowest BCUT2D eigenvalue weighted by molar-refractivity contribution is -0.131. The Kier molecular flexibility index (Phi) is 8.01. The van der Waals surface area contributed by atoms with Crippen LogP contribution in [0.25, 0.3) is 11.1 Å². The number of ketones is 1. The van der Waals surface area contributed by atoms with Gasteiger partial charge in [-0.3, -0.25) is 19.8 Å². The van der Waals surface area contributed by atoms with Gasteiger partial charge in [0, 0.05) is 18.3 Å². The van der Waals surface area contributed by atoms with Crippen LogP contribution in [0.1, 0.15) is 44.2 Å². The molecule has 0 heterocycles. The Morgan fingerprint density at radius 1 is 0.882 bits per heavy atom. The molecule has 180 valence electrons. The van der Waals surface area contributed by atoms with Gasteiger partial charge in [-0.25, -0.2) is 10.2 Å². The molecule has 3 rings (SSSR count). The first kappa shape index (κ1) is 24.9. The van der Waals surface area contributed by atoms with Gasteiger partial charge < -0.3 is 15.8 Å². The number of carbonyl (C=O) groups excluding carboxylic acids is 4. The number of hydrogen-bond acceptors (Lipinski definition) is 6. The van der Waals surface area contributed by atoms with E-state index in [1.807, 2.05) is 48.5 Å². The summed E-state index contributed by atoms with van der Waals surface area (Å²) in [6, 6.07) is 14.4. The molecule has 9 heteroatoms. The topological polar surface area (TPSA) is 140 Å². The Morgan fingerprint density at radius 2 is 1.44 bits per heavy atom. The molecule has 0 spiro atoms. The number of benzene rings is 2. The zero-order chi connectivity index (χ0) is 24.8. The van der Waals surface area contributed by atoms with Gasteiger partial charge in [-0.2, -0.15) is 0 Å². The molecule has 0 aromatic heterocycles. The predicted molar refractivity (Wildman–Crippen MR) is 126 cm³/mol. The minimum Gasteiger partial charge on any atom is -0.447 e. The zero-order valence-corrected chi connectivity index (χ0v) is 19.5. The Labute approximate surface area is 198 Å². The van der Waals surface area contributed by atoms with Crippen LogP contribution in [0.2, 0.25) is 0 Å². The van der Waals surface area contributed by atoms with Crippen LogP contribution in [0.15, 0.2) is 48.5 Å². The van der Waals surface area contributed by atoms with Crippen molar-refractivity contribution in [3.63, 3.8) is 0 Å². The molecule has 0 fully saturated rings. The van der Waals surface area contributed by atoms with Crippen molar-refractivity contribution in [2.75, 3.05) is 6.61 Å². The van der Waals surface area contributed by atoms with E-state index in [2.05, 4.69) is 16.2 Å². The van der Waals surface area contributed by atoms with Crippen LogP contribution in [-0.2, 0) is 19.1 Å². The number of hydrogen-bond donors (Lipinski definition) is 4. The van der Waals surface area contributed by atoms with Gasteiger partial charge in [0.15, 0.2) is 5.78 Å². The van der Waals surface area contributed by atoms with Gasteiger partial charge >= 0.3 is 6.09 Å². The van der Waals surface area contributed by atoms with E-state index in [1.165, 1.54) is 13.8 Å². The van der Waals surface area contributed by atoms with E-state index < -0.39 is 35.9 Å². The lowest BCUT2D eigenvalue weighted by Crippen LogP contribution is -2.47. The van der Waals surface area contributed by atoms with Crippen LogP contribution >= 0.6 is 0 Å². The largest absolute Gasteiger partial charge is 0.447 e. The van der Waals surface area contributed by atoms with Crippen LogP contribution in [-0.4, -0.2) is 42.4 Å². The van der Waals surface area contributed by atoms with Crippen LogP contribution in [0.4, 0.5) is 4.79 Å².